The van der Waals surface area contributed by atoms with E-state index < -0.39 is 0 Å². The number of rotatable bonds is 3. The molecule has 2 fully saturated rings. The summed E-state index contributed by atoms with van der Waals surface area (Å²) in [5.74, 6) is 0.456. The summed E-state index contributed by atoms with van der Waals surface area (Å²) in [5.41, 5.74) is 0. The highest BCUT2D eigenvalue weighted by molar-refractivity contribution is 5.76. The van der Waals surface area contributed by atoms with E-state index in [1.165, 1.54) is 6.42 Å². The molecule has 0 spiro atoms. The highest BCUT2D eigenvalue weighted by atomic mass is 16.2. The number of carbonyl (C=O) groups is 2. The van der Waals surface area contributed by atoms with E-state index in [1.807, 2.05) is 9.80 Å². The maximum Gasteiger partial charge on any atom is 0.223 e. The Bertz CT molecular complexity index is 319. The molecule has 0 aromatic carbocycles. The fraction of sp³-hybridized carbons (Fsp3) is 0.857. The summed E-state index contributed by atoms with van der Waals surface area (Å²) in [7, 11) is 0. The molecule has 0 saturated carbocycles. The minimum atomic E-state index is 0.157. The van der Waals surface area contributed by atoms with Gasteiger partial charge in [-0.25, -0.2) is 0 Å². The van der Waals surface area contributed by atoms with Crippen molar-refractivity contribution in [2.45, 2.75) is 32.6 Å². The largest absolute Gasteiger partial charge is 0.343 e. The summed E-state index contributed by atoms with van der Waals surface area (Å²) < 4.78 is 0. The monoisotopic (exact) mass is 267 g/mol. The fourth-order valence-electron chi connectivity index (χ4n) is 2.84. The van der Waals surface area contributed by atoms with Gasteiger partial charge in [0.25, 0.3) is 0 Å². The van der Waals surface area contributed by atoms with E-state index in [9.17, 15) is 9.59 Å². The molecule has 2 aliphatic rings. The van der Waals surface area contributed by atoms with Crippen LogP contribution in [-0.4, -0.2) is 72.3 Å². The predicted molar refractivity (Wildman–Crippen MR) is 73.7 cm³/mol. The van der Waals surface area contributed by atoms with Crippen molar-refractivity contribution in [1.29, 1.82) is 0 Å². The molecule has 0 N–H and O–H groups in total. The maximum absolute atomic E-state index is 12.0. The SMILES string of the molecule is CC(=O)N1CCN(CCC(=O)N2CCCCC2)CC1. The van der Waals surface area contributed by atoms with Gasteiger partial charge < -0.3 is 9.80 Å². The smallest absolute Gasteiger partial charge is 0.223 e. The third-order valence-corrected chi connectivity index (χ3v) is 4.17. The van der Waals surface area contributed by atoms with Crippen LogP contribution in [0, 0.1) is 0 Å². The molecule has 0 atom stereocenters. The molecule has 2 amide bonds. The van der Waals surface area contributed by atoms with Gasteiger partial charge in [-0.1, -0.05) is 0 Å². The van der Waals surface area contributed by atoms with Crippen LogP contribution in [0.1, 0.15) is 32.6 Å². The Hall–Kier alpha value is -1.10. The summed E-state index contributed by atoms with van der Waals surface area (Å²) in [6.07, 6.45) is 4.20. The molecule has 0 aromatic heterocycles. The van der Waals surface area contributed by atoms with Gasteiger partial charge in [0, 0.05) is 59.2 Å². The first-order valence-electron chi connectivity index (χ1n) is 7.42. The van der Waals surface area contributed by atoms with Crippen LogP contribution in [0.4, 0.5) is 0 Å². The van der Waals surface area contributed by atoms with Crippen LogP contribution < -0.4 is 0 Å². The van der Waals surface area contributed by atoms with Crippen molar-refractivity contribution >= 4 is 11.8 Å². The van der Waals surface area contributed by atoms with E-state index in [0.29, 0.717) is 12.3 Å². The zero-order chi connectivity index (χ0) is 13.7. The average molecular weight is 267 g/mol. The highest BCUT2D eigenvalue weighted by Crippen LogP contribution is 2.10. The lowest BCUT2D eigenvalue weighted by molar-refractivity contribution is -0.134. The molecule has 0 aromatic rings. The van der Waals surface area contributed by atoms with Crippen LogP contribution in [0.5, 0.6) is 0 Å². The number of amides is 2. The van der Waals surface area contributed by atoms with Gasteiger partial charge in [-0.3, -0.25) is 14.5 Å². The molecular weight excluding hydrogens is 242 g/mol. The Labute approximate surface area is 115 Å². The quantitative estimate of drug-likeness (QED) is 0.750. The molecular formula is C14H25N3O2. The lowest BCUT2D eigenvalue weighted by Gasteiger charge is -2.34. The molecule has 2 rings (SSSR count). The first-order valence-corrected chi connectivity index (χ1v) is 7.42. The Morgan fingerprint density at radius 2 is 1.47 bits per heavy atom. The summed E-state index contributed by atoms with van der Waals surface area (Å²) >= 11 is 0. The molecule has 19 heavy (non-hydrogen) atoms. The molecule has 5 nitrogen and oxygen atoms in total. The molecule has 2 saturated heterocycles. The summed E-state index contributed by atoms with van der Waals surface area (Å²) in [6.45, 7) is 7.73. The van der Waals surface area contributed by atoms with E-state index in [0.717, 1.165) is 58.7 Å². The van der Waals surface area contributed by atoms with Crippen LogP contribution >= 0.6 is 0 Å². The Balaban J connectivity index is 1.66. The molecule has 5 heteroatoms. The van der Waals surface area contributed by atoms with E-state index in [4.69, 9.17) is 0 Å². The number of likely N-dealkylation sites (tertiary alicyclic amines) is 1. The fourth-order valence-corrected chi connectivity index (χ4v) is 2.84. The molecule has 2 aliphatic heterocycles. The average Bonchev–Trinajstić information content (AvgIpc) is 2.46. The van der Waals surface area contributed by atoms with Crippen molar-refractivity contribution in [3.63, 3.8) is 0 Å². The van der Waals surface area contributed by atoms with Crippen LogP contribution in [-0.2, 0) is 9.59 Å². The van der Waals surface area contributed by atoms with Crippen LogP contribution in [0.15, 0.2) is 0 Å². The van der Waals surface area contributed by atoms with Crippen molar-refractivity contribution < 1.29 is 9.59 Å². The highest BCUT2D eigenvalue weighted by Gasteiger charge is 2.21. The second-order valence-electron chi connectivity index (χ2n) is 5.54. The van der Waals surface area contributed by atoms with Crippen LogP contribution in [0.3, 0.4) is 0 Å². The topological polar surface area (TPSA) is 43.9 Å². The lowest BCUT2D eigenvalue weighted by atomic mass is 10.1. The number of hydrogen-bond donors (Lipinski definition) is 0. The summed E-state index contributed by atoms with van der Waals surface area (Å²) in [5, 5.41) is 0. The molecule has 108 valence electrons. The van der Waals surface area contributed by atoms with Gasteiger partial charge in [-0.2, -0.15) is 0 Å². The summed E-state index contributed by atoms with van der Waals surface area (Å²) in [6, 6.07) is 0. The number of piperazine rings is 1. The van der Waals surface area contributed by atoms with E-state index >= 15 is 0 Å². The number of piperidine rings is 1. The maximum atomic E-state index is 12.0. The van der Waals surface area contributed by atoms with Crippen molar-refractivity contribution in [2.24, 2.45) is 0 Å². The van der Waals surface area contributed by atoms with Gasteiger partial charge >= 0.3 is 0 Å². The van der Waals surface area contributed by atoms with E-state index in [2.05, 4.69) is 4.90 Å². The first kappa shape index (κ1) is 14.3. The van der Waals surface area contributed by atoms with Crippen molar-refractivity contribution in [3.8, 4) is 0 Å². The van der Waals surface area contributed by atoms with Gasteiger partial charge in [-0.15, -0.1) is 0 Å². The minimum Gasteiger partial charge on any atom is -0.343 e. The van der Waals surface area contributed by atoms with Gasteiger partial charge in [-0.05, 0) is 19.3 Å². The molecule has 0 aliphatic carbocycles. The van der Waals surface area contributed by atoms with E-state index in [1.54, 1.807) is 6.92 Å². The van der Waals surface area contributed by atoms with Crippen molar-refractivity contribution in [1.82, 2.24) is 14.7 Å². The van der Waals surface area contributed by atoms with Gasteiger partial charge in [0.1, 0.15) is 0 Å². The number of carbonyl (C=O) groups excluding carboxylic acids is 2. The predicted octanol–water partition coefficient (Wildman–Crippen LogP) is 0.553. The minimum absolute atomic E-state index is 0.157. The van der Waals surface area contributed by atoms with Crippen molar-refractivity contribution in [2.75, 3.05) is 45.8 Å². The first-order chi connectivity index (χ1) is 9.16. The van der Waals surface area contributed by atoms with Crippen LogP contribution in [0.2, 0.25) is 0 Å². The standard InChI is InChI=1S/C14H25N3O2/c1-13(18)16-11-9-15(10-12-16)8-5-14(19)17-6-3-2-4-7-17/h2-12H2,1H3. The molecule has 0 unspecified atom stereocenters. The third-order valence-electron chi connectivity index (χ3n) is 4.17. The molecule has 0 bridgehead atoms. The Morgan fingerprint density at radius 3 is 2.05 bits per heavy atom. The van der Waals surface area contributed by atoms with E-state index in [-0.39, 0.29) is 5.91 Å². The van der Waals surface area contributed by atoms with Crippen molar-refractivity contribution in [3.05, 3.63) is 0 Å². The van der Waals surface area contributed by atoms with Gasteiger partial charge in [0.2, 0.25) is 11.8 Å². The third kappa shape index (κ3) is 4.20. The number of nitrogens with zero attached hydrogens (tertiary/aromatic N) is 3. The van der Waals surface area contributed by atoms with Crippen LogP contribution in [0.25, 0.3) is 0 Å². The lowest BCUT2D eigenvalue weighted by Crippen LogP contribution is -2.48. The second kappa shape index (κ2) is 6.89. The Kier molecular flexibility index (Phi) is 5.19. The van der Waals surface area contributed by atoms with Gasteiger partial charge in [0.15, 0.2) is 0 Å². The normalized spacial score (nSPS) is 21.5. The number of hydrogen-bond acceptors (Lipinski definition) is 3. The zero-order valence-electron chi connectivity index (χ0n) is 11.9. The molecule has 0 radical (unpaired) electrons. The second-order valence-corrected chi connectivity index (χ2v) is 5.54. The zero-order valence-corrected chi connectivity index (χ0v) is 11.9. The Morgan fingerprint density at radius 1 is 0.842 bits per heavy atom. The molecule has 2 heterocycles. The van der Waals surface area contributed by atoms with Gasteiger partial charge in [0.05, 0.1) is 0 Å². The summed E-state index contributed by atoms with van der Waals surface area (Å²) in [4.78, 5) is 29.5.